The second kappa shape index (κ2) is 14.6. The van der Waals surface area contributed by atoms with E-state index >= 15 is 0 Å². The minimum Gasteiger partial charge on any atom is -0.463 e. The van der Waals surface area contributed by atoms with Gasteiger partial charge in [0.1, 0.15) is 26.5 Å². The summed E-state index contributed by atoms with van der Waals surface area (Å²) in [6.07, 6.45) is -1.62. The van der Waals surface area contributed by atoms with Gasteiger partial charge in [0.05, 0.1) is 41.7 Å². The number of benzene rings is 4. The highest BCUT2D eigenvalue weighted by Gasteiger charge is 2.29. The Morgan fingerprint density at radius 1 is 0.944 bits per heavy atom. The first-order valence-corrected chi connectivity index (χ1v) is 17.6. The largest absolute Gasteiger partial charge is 0.463 e. The fourth-order valence-corrected chi connectivity index (χ4v) is 7.53. The lowest BCUT2D eigenvalue weighted by Crippen LogP contribution is -2.38. The SMILES string of the molecule is CC(O)c1cc2n(c(=O)c1COC=O)Cc1cc3c(ccc4ccc(COCNC(=O)CNC(=O)OCC5c6ccccc6-c6ccccc65)cc43)nc1-2. The predicted molar refractivity (Wildman–Crippen MR) is 200 cm³/mol. The molecule has 2 aromatic heterocycles. The highest BCUT2D eigenvalue weighted by Crippen LogP contribution is 2.44. The molecule has 0 spiro atoms. The van der Waals surface area contributed by atoms with Crippen molar-refractivity contribution < 1.29 is 33.7 Å². The molecule has 12 heteroatoms. The zero-order valence-electron chi connectivity index (χ0n) is 29.3. The highest BCUT2D eigenvalue weighted by molar-refractivity contribution is 6.07. The Morgan fingerprint density at radius 2 is 1.69 bits per heavy atom. The first kappa shape index (κ1) is 34.7. The zero-order valence-corrected chi connectivity index (χ0v) is 29.3. The van der Waals surface area contributed by atoms with Gasteiger partial charge in [-0.05, 0) is 75.3 Å². The number of carbonyl (C=O) groups is 3. The molecule has 0 saturated heterocycles. The maximum Gasteiger partial charge on any atom is 0.407 e. The van der Waals surface area contributed by atoms with Gasteiger partial charge in [0, 0.05) is 16.9 Å². The third-order valence-electron chi connectivity index (χ3n) is 10.1. The van der Waals surface area contributed by atoms with E-state index < -0.39 is 18.1 Å². The lowest BCUT2D eigenvalue weighted by molar-refractivity contribution is -0.130. The van der Waals surface area contributed by atoms with Crippen molar-refractivity contribution in [2.24, 2.45) is 0 Å². The summed E-state index contributed by atoms with van der Waals surface area (Å²) in [5.74, 6) is -0.495. The molecule has 0 saturated carbocycles. The molecular weight excluding hydrogens is 688 g/mol. The molecular formula is C42H36N4O8. The van der Waals surface area contributed by atoms with Crippen molar-refractivity contribution in [3.8, 4) is 22.5 Å². The number of hydrogen-bond acceptors (Lipinski definition) is 9. The molecule has 6 aromatic rings. The van der Waals surface area contributed by atoms with Gasteiger partial charge in [-0.25, -0.2) is 9.78 Å². The second-order valence-electron chi connectivity index (χ2n) is 13.4. The first-order valence-electron chi connectivity index (χ1n) is 17.6. The quantitative estimate of drug-likeness (QED) is 0.0647. The van der Waals surface area contributed by atoms with Crippen LogP contribution in [-0.2, 0) is 43.6 Å². The molecule has 12 nitrogen and oxygen atoms in total. The van der Waals surface area contributed by atoms with Crippen molar-refractivity contribution >= 4 is 40.1 Å². The van der Waals surface area contributed by atoms with Crippen molar-refractivity contribution in [3.63, 3.8) is 0 Å². The Bertz CT molecular complexity index is 2480. The van der Waals surface area contributed by atoms with Crippen LogP contribution in [0.25, 0.3) is 44.2 Å². The average molecular weight is 725 g/mol. The molecule has 54 heavy (non-hydrogen) atoms. The molecule has 272 valence electrons. The number of rotatable bonds is 12. The van der Waals surface area contributed by atoms with E-state index in [2.05, 4.69) is 22.8 Å². The first-order chi connectivity index (χ1) is 26.3. The van der Waals surface area contributed by atoms with Crippen LogP contribution in [-0.4, -0.2) is 53.0 Å². The number of pyridine rings is 2. The molecule has 2 amide bonds. The van der Waals surface area contributed by atoms with Crippen LogP contribution in [0.1, 0.15) is 52.3 Å². The van der Waals surface area contributed by atoms with Crippen LogP contribution in [0.5, 0.6) is 0 Å². The van der Waals surface area contributed by atoms with Crippen molar-refractivity contribution in [1.82, 2.24) is 20.2 Å². The number of aliphatic hydroxyl groups excluding tert-OH is 1. The number of aromatic nitrogens is 2. The number of ether oxygens (including phenoxy) is 3. The summed E-state index contributed by atoms with van der Waals surface area (Å²) in [6, 6.07) is 29.8. The number of amides is 2. The van der Waals surface area contributed by atoms with Gasteiger partial charge in [-0.1, -0.05) is 66.7 Å². The monoisotopic (exact) mass is 724 g/mol. The van der Waals surface area contributed by atoms with Crippen molar-refractivity contribution in [3.05, 3.63) is 135 Å². The van der Waals surface area contributed by atoms with Gasteiger partial charge in [-0.15, -0.1) is 0 Å². The van der Waals surface area contributed by atoms with Crippen LogP contribution in [0.2, 0.25) is 0 Å². The lowest BCUT2D eigenvalue weighted by atomic mass is 9.98. The molecule has 3 N–H and O–H groups in total. The number of aliphatic hydroxyl groups is 1. The minimum absolute atomic E-state index is 0.0603. The molecule has 0 fully saturated rings. The van der Waals surface area contributed by atoms with Gasteiger partial charge in [0.25, 0.3) is 12.0 Å². The Morgan fingerprint density at radius 3 is 2.43 bits per heavy atom. The Balaban J connectivity index is 0.874. The molecule has 8 rings (SSSR count). The van der Waals surface area contributed by atoms with Gasteiger partial charge in [-0.3, -0.25) is 14.4 Å². The Hall–Kier alpha value is -6.37. The molecule has 1 aliphatic heterocycles. The summed E-state index contributed by atoms with van der Waals surface area (Å²) >= 11 is 0. The molecule has 1 atom stereocenters. The van der Waals surface area contributed by atoms with E-state index in [0.29, 0.717) is 17.0 Å². The minimum atomic E-state index is -0.942. The summed E-state index contributed by atoms with van der Waals surface area (Å²) < 4.78 is 17.7. The second-order valence-corrected chi connectivity index (χ2v) is 13.4. The van der Waals surface area contributed by atoms with Crippen LogP contribution in [0, 0.1) is 0 Å². The van der Waals surface area contributed by atoms with E-state index in [9.17, 15) is 24.3 Å². The topological polar surface area (TPSA) is 158 Å². The molecule has 0 radical (unpaired) electrons. The van der Waals surface area contributed by atoms with Crippen LogP contribution < -0.4 is 16.2 Å². The van der Waals surface area contributed by atoms with Crippen LogP contribution in [0.15, 0.2) is 95.8 Å². The van der Waals surface area contributed by atoms with Crippen LogP contribution in [0.4, 0.5) is 4.79 Å². The fourth-order valence-electron chi connectivity index (χ4n) is 7.53. The summed E-state index contributed by atoms with van der Waals surface area (Å²) in [5, 5.41) is 18.4. The van der Waals surface area contributed by atoms with Crippen molar-refractivity contribution in [2.45, 2.75) is 38.7 Å². The van der Waals surface area contributed by atoms with Gasteiger partial charge in [0.2, 0.25) is 5.91 Å². The molecule has 1 unspecified atom stereocenters. The van der Waals surface area contributed by atoms with E-state index in [-0.39, 0.29) is 63.2 Å². The third kappa shape index (κ3) is 6.46. The molecule has 2 aliphatic rings. The number of fused-ring (bicyclic) bond motifs is 9. The van der Waals surface area contributed by atoms with Crippen LogP contribution in [0.3, 0.4) is 0 Å². The smallest absolute Gasteiger partial charge is 0.407 e. The van der Waals surface area contributed by atoms with Crippen LogP contribution >= 0.6 is 0 Å². The number of nitrogens with zero attached hydrogens (tertiary/aromatic N) is 2. The van der Waals surface area contributed by atoms with E-state index in [0.717, 1.165) is 55.1 Å². The third-order valence-corrected chi connectivity index (χ3v) is 10.1. The van der Waals surface area contributed by atoms with Crippen molar-refractivity contribution in [2.75, 3.05) is 19.9 Å². The number of alkyl carbamates (subject to hydrolysis) is 1. The van der Waals surface area contributed by atoms with Gasteiger partial charge in [0.15, 0.2) is 0 Å². The summed E-state index contributed by atoms with van der Waals surface area (Å²) in [6.45, 7) is 1.96. The number of carbonyl (C=O) groups excluding carboxylic acids is 3. The summed E-state index contributed by atoms with van der Waals surface area (Å²) in [7, 11) is 0. The Kier molecular flexibility index (Phi) is 9.36. The Labute approximate surface area is 309 Å². The van der Waals surface area contributed by atoms with Crippen molar-refractivity contribution in [1.29, 1.82) is 0 Å². The zero-order chi connectivity index (χ0) is 37.3. The molecule has 0 bridgehead atoms. The summed E-state index contributed by atoms with van der Waals surface area (Å²) in [5.41, 5.74) is 8.51. The highest BCUT2D eigenvalue weighted by atomic mass is 16.5. The average Bonchev–Trinajstić information content (AvgIpc) is 3.71. The van der Waals surface area contributed by atoms with Gasteiger partial charge in [-0.2, -0.15) is 0 Å². The predicted octanol–water partition coefficient (Wildman–Crippen LogP) is 5.43. The fraction of sp³-hybridized carbons (Fsp3) is 0.214. The molecule has 3 heterocycles. The van der Waals surface area contributed by atoms with E-state index in [4.69, 9.17) is 19.2 Å². The molecule has 4 aromatic carbocycles. The van der Waals surface area contributed by atoms with Gasteiger partial charge < -0.3 is 34.5 Å². The van der Waals surface area contributed by atoms with E-state index in [1.807, 2.05) is 72.8 Å². The van der Waals surface area contributed by atoms with E-state index in [1.165, 1.54) is 0 Å². The standard InChI is InChI=1S/C42H36N4O8/c1-24(48)32-16-38-40-27(18-46(38)41(50)36(32)20-53-23-47)15-34-33-14-25(10-11-26(33)12-13-37(34)45-40)19-52-22-44-39(49)17-43-42(51)54-21-35-30-8-4-2-6-28(30)29-7-3-5-9-31(29)35/h2-16,23-24,35,48H,17-22H2,1H3,(H,43,51)(H,44,49). The summed E-state index contributed by atoms with van der Waals surface area (Å²) in [4.78, 5) is 54.2. The molecule has 1 aliphatic carbocycles. The number of hydrogen-bond donors (Lipinski definition) is 3. The normalized spacial score (nSPS) is 13.1. The maximum absolute atomic E-state index is 13.4. The maximum atomic E-state index is 13.4. The van der Waals surface area contributed by atoms with E-state index in [1.54, 1.807) is 17.6 Å². The lowest BCUT2D eigenvalue weighted by Gasteiger charge is -2.14. The van der Waals surface area contributed by atoms with Gasteiger partial charge >= 0.3 is 6.09 Å². The number of nitrogens with one attached hydrogen (secondary N) is 2.